The summed E-state index contributed by atoms with van der Waals surface area (Å²) in [5.74, 6) is 0.421. The molecule has 0 bridgehead atoms. The average molecular weight is 520 g/mol. The van der Waals surface area contributed by atoms with Gasteiger partial charge in [-0.3, -0.25) is 14.2 Å². The minimum atomic E-state index is -0.927. The molecule has 0 spiro atoms. The van der Waals surface area contributed by atoms with Crippen LogP contribution < -0.4 is 15.5 Å². The van der Waals surface area contributed by atoms with E-state index in [9.17, 15) is 9.90 Å². The fraction of sp³-hybridized carbons (Fsp3) is 0.308. The second kappa shape index (κ2) is 8.98. The quantitative estimate of drug-likeness (QED) is 0.367. The van der Waals surface area contributed by atoms with E-state index in [0.717, 1.165) is 16.9 Å². The second-order valence-electron chi connectivity index (χ2n) is 9.74. The Labute approximate surface area is 218 Å². The van der Waals surface area contributed by atoms with Gasteiger partial charge in [-0.05, 0) is 38.1 Å². The van der Waals surface area contributed by atoms with Crippen molar-refractivity contribution in [2.24, 2.45) is 0 Å². The molecule has 1 atom stereocenters. The standard InChI is InChI=1S/C26H26ClN7O3/c1-26(2,36)20-14-33(8-9-37-20)15-5-6-21(28-10-15)32-18-12-29-23(16-11-31-25(35)22(16)18)19-13-30-24-17(27)4-3-7-34(19)24/h3-7,10,12-13,20,36H,8-9,11,14H2,1-2H3,(H,28,32)(H,31,35). The largest absolute Gasteiger partial charge is 0.388 e. The number of aliphatic hydroxyl groups is 1. The van der Waals surface area contributed by atoms with Crippen LogP contribution in [0.1, 0.15) is 29.8 Å². The molecule has 1 unspecified atom stereocenters. The number of carbonyl (C=O) groups excluding carboxylic acids is 1. The van der Waals surface area contributed by atoms with Gasteiger partial charge in [0.2, 0.25) is 0 Å². The van der Waals surface area contributed by atoms with E-state index in [4.69, 9.17) is 21.3 Å². The Morgan fingerprint density at radius 3 is 2.84 bits per heavy atom. The van der Waals surface area contributed by atoms with Gasteiger partial charge in [-0.1, -0.05) is 11.6 Å². The van der Waals surface area contributed by atoms with Crippen molar-refractivity contribution in [1.82, 2.24) is 24.7 Å². The molecule has 10 nitrogen and oxygen atoms in total. The van der Waals surface area contributed by atoms with Crippen LogP contribution in [-0.4, -0.2) is 61.8 Å². The van der Waals surface area contributed by atoms with Crippen molar-refractivity contribution in [3.63, 3.8) is 0 Å². The van der Waals surface area contributed by atoms with Crippen LogP contribution in [0.3, 0.4) is 0 Å². The predicted molar refractivity (Wildman–Crippen MR) is 140 cm³/mol. The van der Waals surface area contributed by atoms with Gasteiger partial charge in [0.25, 0.3) is 5.91 Å². The first-order chi connectivity index (χ1) is 17.8. The zero-order valence-electron chi connectivity index (χ0n) is 20.4. The monoisotopic (exact) mass is 519 g/mol. The van der Waals surface area contributed by atoms with Crippen molar-refractivity contribution in [3.8, 4) is 11.4 Å². The van der Waals surface area contributed by atoms with E-state index in [0.29, 0.717) is 59.7 Å². The maximum absolute atomic E-state index is 12.8. The summed E-state index contributed by atoms with van der Waals surface area (Å²) in [5.41, 5.74) is 3.98. The van der Waals surface area contributed by atoms with Gasteiger partial charge in [-0.25, -0.2) is 9.97 Å². The van der Waals surface area contributed by atoms with Crippen LogP contribution in [0.4, 0.5) is 17.2 Å². The fourth-order valence-corrected chi connectivity index (χ4v) is 5.02. The molecule has 1 saturated heterocycles. The summed E-state index contributed by atoms with van der Waals surface area (Å²) < 4.78 is 7.60. The lowest BCUT2D eigenvalue weighted by Crippen LogP contribution is -2.52. The fourth-order valence-electron chi connectivity index (χ4n) is 4.80. The van der Waals surface area contributed by atoms with E-state index in [1.807, 2.05) is 28.8 Å². The van der Waals surface area contributed by atoms with Gasteiger partial charge in [0.15, 0.2) is 5.65 Å². The molecule has 4 aromatic rings. The SMILES string of the molecule is CC(C)(O)C1CN(c2ccc(Nc3cnc(-c4cnc5c(Cl)cccn45)c4c3C(=O)NC4)nc2)CCO1. The van der Waals surface area contributed by atoms with Crippen LogP contribution in [0, 0.1) is 0 Å². The van der Waals surface area contributed by atoms with Crippen molar-refractivity contribution in [2.75, 3.05) is 29.9 Å². The predicted octanol–water partition coefficient (Wildman–Crippen LogP) is 3.41. The van der Waals surface area contributed by atoms with Crippen LogP contribution in [0.2, 0.25) is 5.02 Å². The molecule has 6 rings (SSSR count). The Hall–Kier alpha value is -3.73. The van der Waals surface area contributed by atoms with Crippen LogP contribution in [0.5, 0.6) is 0 Å². The lowest BCUT2D eigenvalue weighted by Gasteiger charge is -2.39. The van der Waals surface area contributed by atoms with Crippen LogP contribution in [0.15, 0.2) is 49.1 Å². The first kappa shape index (κ1) is 23.7. The molecule has 190 valence electrons. The second-order valence-corrected chi connectivity index (χ2v) is 10.1. The number of rotatable bonds is 5. The first-order valence-electron chi connectivity index (χ1n) is 12.0. The molecule has 4 aromatic heterocycles. The van der Waals surface area contributed by atoms with Gasteiger partial charge >= 0.3 is 0 Å². The molecule has 6 heterocycles. The van der Waals surface area contributed by atoms with Gasteiger partial charge in [0, 0.05) is 31.4 Å². The third-order valence-corrected chi connectivity index (χ3v) is 7.09. The topological polar surface area (TPSA) is 117 Å². The zero-order valence-corrected chi connectivity index (χ0v) is 21.2. The molecule has 1 fully saturated rings. The third-order valence-electron chi connectivity index (χ3n) is 6.79. The normalized spacial score (nSPS) is 17.7. The van der Waals surface area contributed by atoms with Crippen LogP contribution >= 0.6 is 11.6 Å². The minimum absolute atomic E-state index is 0.171. The van der Waals surface area contributed by atoms with E-state index in [-0.39, 0.29) is 12.0 Å². The summed E-state index contributed by atoms with van der Waals surface area (Å²) in [6, 6.07) is 7.46. The molecular formula is C26H26ClN7O3. The van der Waals surface area contributed by atoms with Crippen molar-refractivity contribution < 1.29 is 14.6 Å². The van der Waals surface area contributed by atoms with Crippen molar-refractivity contribution in [2.45, 2.75) is 32.1 Å². The highest BCUT2D eigenvalue weighted by Crippen LogP contribution is 2.34. The number of nitrogens with one attached hydrogen (secondary N) is 2. The van der Waals surface area contributed by atoms with Crippen LogP contribution in [-0.2, 0) is 11.3 Å². The number of halogens is 1. The number of ether oxygens (including phenoxy) is 1. The smallest absolute Gasteiger partial charge is 0.254 e. The average Bonchev–Trinajstić information content (AvgIpc) is 3.50. The molecule has 2 aliphatic rings. The summed E-state index contributed by atoms with van der Waals surface area (Å²) in [4.78, 5) is 28.6. The van der Waals surface area contributed by atoms with Gasteiger partial charge < -0.3 is 25.4 Å². The lowest BCUT2D eigenvalue weighted by molar-refractivity contribution is -0.0928. The number of anilines is 3. The summed E-state index contributed by atoms with van der Waals surface area (Å²) >= 11 is 6.29. The van der Waals surface area contributed by atoms with Crippen LogP contribution in [0.25, 0.3) is 17.0 Å². The van der Waals surface area contributed by atoms with Gasteiger partial charge in [-0.2, -0.15) is 0 Å². The number of pyridine rings is 3. The number of morpholine rings is 1. The third kappa shape index (κ3) is 4.26. The summed E-state index contributed by atoms with van der Waals surface area (Å²) in [6.45, 7) is 5.70. The van der Waals surface area contributed by atoms with Crippen molar-refractivity contribution >= 4 is 40.3 Å². The van der Waals surface area contributed by atoms with E-state index in [2.05, 4.69) is 25.5 Å². The lowest BCUT2D eigenvalue weighted by atomic mass is 10.00. The maximum Gasteiger partial charge on any atom is 0.254 e. The number of imidazole rings is 1. The number of fused-ring (bicyclic) bond motifs is 2. The summed E-state index contributed by atoms with van der Waals surface area (Å²) in [6.07, 6.45) is 6.73. The Balaban J connectivity index is 1.28. The number of carbonyl (C=O) groups is 1. The highest BCUT2D eigenvalue weighted by molar-refractivity contribution is 6.33. The van der Waals surface area contributed by atoms with Gasteiger partial charge in [-0.15, -0.1) is 0 Å². The van der Waals surface area contributed by atoms with Gasteiger partial charge in [0.05, 0.1) is 64.1 Å². The summed E-state index contributed by atoms with van der Waals surface area (Å²) in [5, 5.41) is 17.0. The number of nitrogens with zero attached hydrogens (tertiary/aromatic N) is 5. The Bertz CT molecular complexity index is 1500. The summed E-state index contributed by atoms with van der Waals surface area (Å²) in [7, 11) is 0. The number of hydrogen-bond acceptors (Lipinski definition) is 8. The van der Waals surface area contributed by atoms with Crippen molar-refractivity contribution in [3.05, 3.63) is 65.2 Å². The van der Waals surface area contributed by atoms with Crippen molar-refractivity contribution in [1.29, 1.82) is 0 Å². The number of hydrogen-bond donors (Lipinski definition) is 3. The van der Waals surface area contributed by atoms with E-state index in [1.165, 1.54) is 0 Å². The molecule has 0 aliphatic carbocycles. The van der Waals surface area contributed by atoms with E-state index in [1.54, 1.807) is 38.5 Å². The molecule has 0 saturated carbocycles. The number of amides is 1. The van der Waals surface area contributed by atoms with Gasteiger partial charge in [0.1, 0.15) is 11.9 Å². The molecule has 0 aromatic carbocycles. The molecule has 37 heavy (non-hydrogen) atoms. The van der Waals surface area contributed by atoms with E-state index < -0.39 is 5.60 Å². The molecule has 2 aliphatic heterocycles. The molecular weight excluding hydrogens is 494 g/mol. The highest BCUT2D eigenvalue weighted by atomic mass is 35.5. The maximum atomic E-state index is 12.8. The molecule has 1 amide bonds. The minimum Gasteiger partial charge on any atom is -0.388 e. The Morgan fingerprint density at radius 1 is 1.19 bits per heavy atom. The number of aromatic nitrogens is 4. The first-order valence-corrected chi connectivity index (χ1v) is 12.4. The highest BCUT2D eigenvalue weighted by Gasteiger charge is 2.33. The molecule has 3 N–H and O–H groups in total. The zero-order chi connectivity index (χ0) is 25.7. The molecule has 0 radical (unpaired) electrons. The Kier molecular flexibility index (Phi) is 5.74. The Morgan fingerprint density at radius 2 is 2.05 bits per heavy atom. The van der Waals surface area contributed by atoms with E-state index >= 15 is 0 Å². The molecule has 11 heteroatoms.